The topological polar surface area (TPSA) is 115 Å². The highest BCUT2D eigenvalue weighted by atomic mass is 16.6. The number of nitro benzene ring substituents is 1. The van der Waals surface area contributed by atoms with Crippen molar-refractivity contribution in [2.24, 2.45) is 0 Å². The number of esters is 1. The number of methoxy groups -OCH3 is 3. The minimum Gasteiger partial charge on any atom is -0.493 e. The number of carbonyl (C=O) groups is 1. The molecule has 0 aliphatic carbocycles. The molecular formula is C18H21N3O6. The van der Waals surface area contributed by atoms with Crippen molar-refractivity contribution in [2.75, 3.05) is 34.4 Å². The van der Waals surface area contributed by atoms with Gasteiger partial charge in [-0.25, -0.2) is 0 Å². The van der Waals surface area contributed by atoms with E-state index in [1.807, 2.05) is 4.90 Å². The lowest BCUT2D eigenvalue weighted by Crippen LogP contribution is -2.37. The molecule has 27 heavy (non-hydrogen) atoms. The summed E-state index contributed by atoms with van der Waals surface area (Å²) in [6.07, 6.45) is 2.91. The Balaban J connectivity index is 2.38. The lowest BCUT2D eigenvalue weighted by Gasteiger charge is -2.21. The molecular weight excluding hydrogens is 354 g/mol. The molecule has 0 amide bonds. The van der Waals surface area contributed by atoms with Crippen molar-refractivity contribution in [3.8, 4) is 17.6 Å². The van der Waals surface area contributed by atoms with Crippen LogP contribution in [0.3, 0.4) is 0 Å². The van der Waals surface area contributed by atoms with E-state index >= 15 is 0 Å². The van der Waals surface area contributed by atoms with Gasteiger partial charge in [0.25, 0.3) is 5.69 Å². The summed E-state index contributed by atoms with van der Waals surface area (Å²) in [4.78, 5) is 24.6. The number of hydrogen-bond acceptors (Lipinski definition) is 8. The summed E-state index contributed by atoms with van der Waals surface area (Å²) in [6, 6.07) is 4.36. The fourth-order valence-electron chi connectivity index (χ4n) is 3.10. The normalized spacial score (nSPS) is 17.3. The maximum Gasteiger partial charge on any atom is 0.323 e. The van der Waals surface area contributed by atoms with Crippen molar-refractivity contribution in [2.45, 2.75) is 18.9 Å². The second-order valence-electron chi connectivity index (χ2n) is 5.96. The molecule has 1 saturated heterocycles. The molecule has 0 bridgehead atoms. The van der Waals surface area contributed by atoms with Crippen LogP contribution in [0.4, 0.5) is 5.69 Å². The molecule has 0 saturated carbocycles. The first-order chi connectivity index (χ1) is 12.9. The molecule has 0 spiro atoms. The Kier molecular flexibility index (Phi) is 6.73. The van der Waals surface area contributed by atoms with E-state index in [0.717, 1.165) is 6.42 Å². The van der Waals surface area contributed by atoms with E-state index in [-0.39, 0.29) is 29.5 Å². The molecule has 1 fully saturated rings. The van der Waals surface area contributed by atoms with Crippen molar-refractivity contribution >= 4 is 17.7 Å². The van der Waals surface area contributed by atoms with E-state index in [1.165, 1.54) is 39.5 Å². The fourth-order valence-corrected chi connectivity index (χ4v) is 3.10. The third-order valence-electron chi connectivity index (χ3n) is 4.41. The Morgan fingerprint density at radius 2 is 2.04 bits per heavy atom. The molecule has 1 atom stereocenters. The Hall–Kier alpha value is -3.12. The van der Waals surface area contributed by atoms with Crippen LogP contribution >= 0.6 is 0 Å². The van der Waals surface area contributed by atoms with Gasteiger partial charge in [-0.05, 0) is 31.5 Å². The van der Waals surface area contributed by atoms with Crippen LogP contribution in [-0.2, 0) is 9.53 Å². The van der Waals surface area contributed by atoms with Crippen LogP contribution in [0.5, 0.6) is 11.5 Å². The van der Waals surface area contributed by atoms with Crippen LogP contribution in [0.2, 0.25) is 0 Å². The Morgan fingerprint density at radius 1 is 1.37 bits per heavy atom. The highest BCUT2D eigenvalue weighted by molar-refractivity contribution is 5.76. The molecule has 1 heterocycles. The van der Waals surface area contributed by atoms with Gasteiger partial charge in [-0.2, -0.15) is 5.26 Å². The lowest BCUT2D eigenvalue weighted by molar-refractivity contribution is -0.385. The first-order valence-electron chi connectivity index (χ1n) is 8.28. The van der Waals surface area contributed by atoms with Gasteiger partial charge in [0.1, 0.15) is 6.04 Å². The molecule has 1 aromatic rings. The Morgan fingerprint density at radius 3 is 2.59 bits per heavy atom. The van der Waals surface area contributed by atoms with E-state index in [9.17, 15) is 20.2 Å². The minimum absolute atomic E-state index is 0.196. The van der Waals surface area contributed by atoms with Gasteiger partial charge in [0.2, 0.25) is 0 Å². The molecule has 0 radical (unpaired) electrons. The van der Waals surface area contributed by atoms with Gasteiger partial charge < -0.3 is 14.2 Å². The average molecular weight is 375 g/mol. The average Bonchev–Trinajstić information content (AvgIpc) is 3.14. The summed E-state index contributed by atoms with van der Waals surface area (Å²) >= 11 is 0. The standard InChI is InChI=1S/C18H21N3O6/c1-25-16-8-13(15(21(23)24)9-17(16)26-2)7-12(10-19)11-20-6-4-5-14(20)18(22)27-3/h7-9,14H,4-6,11H2,1-3H3/b12-7+/t14-/m0/s1. The van der Waals surface area contributed by atoms with E-state index < -0.39 is 11.0 Å². The molecule has 0 aromatic heterocycles. The molecule has 2 rings (SSSR count). The quantitative estimate of drug-likeness (QED) is 0.308. The van der Waals surface area contributed by atoms with Crippen molar-refractivity contribution in [1.29, 1.82) is 5.26 Å². The zero-order valence-electron chi connectivity index (χ0n) is 15.4. The summed E-state index contributed by atoms with van der Waals surface area (Å²) in [5, 5.41) is 20.9. The maximum atomic E-state index is 11.9. The number of ether oxygens (including phenoxy) is 3. The van der Waals surface area contributed by atoms with Gasteiger partial charge in [0.05, 0.1) is 44.0 Å². The predicted molar refractivity (Wildman–Crippen MR) is 96.4 cm³/mol. The number of carbonyl (C=O) groups excluding carboxylic acids is 1. The van der Waals surface area contributed by atoms with E-state index in [0.29, 0.717) is 24.3 Å². The van der Waals surface area contributed by atoms with Crippen molar-refractivity contribution in [3.63, 3.8) is 0 Å². The second kappa shape index (κ2) is 9.00. The summed E-state index contributed by atoms with van der Waals surface area (Å²) in [5.41, 5.74) is 0.315. The van der Waals surface area contributed by atoms with Crippen molar-refractivity contribution in [1.82, 2.24) is 4.90 Å². The number of nitriles is 1. The van der Waals surface area contributed by atoms with Crippen molar-refractivity contribution in [3.05, 3.63) is 33.4 Å². The van der Waals surface area contributed by atoms with Crippen LogP contribution in [0.15, 0.2) is 17.7 Å². The molecule has 0 N–H and O–H groups in total. The van der Waals surface area contributed by atoms with Gasteiger partial charge in [-0.15, -0.1) is 0 Å². The third kappa shape index (κ3) is 4.54. The number of rotatable bonds is 7. The minimum atomic E-state index is -0.546. The van der Waals surface area contributed by atoms with Gasteiger partial charge in [0.15, 0.2) is 11.5 Å². The van der Waals surface area contributed by atoms with Crippen LogP contribution in [0.1, 0.15) is 18.4 Å². The number of likely N-dealkylation sites (tertiary alicyclic amines) is 1. The highest BCUT2D eigenvalue weighted by Gasteiger charge is 2.32. The van der Waals surface area contributed by atoms with Gasteiger partial charge >= 0.3 is 5.97 Å². The summed E-state index contributed by atoms with van der Waals surface area (Å²) in [5.74, 6) is 0.201. The smallest absolute Gasteiger partial charge is 0.323 e. The van der Waals surface area contributed by atoms with Gasteiger partial charge in [-0.1, -0.05) is 0 Å². The Bertz CT molecular complexity index is 799. The molecule has 144 valence electrons. The van der Waals surface area contributed by atoms with E-state index in [4.69, 9.17) is 14.2 Å². The summed E-state index contributed by atoms with van der Waals surface area (Å²) in [7, 11) is 4.14. The molecule has 9 nitrogen and oxygen atoms in total. The van der Waals surface area contributed by atoms with Crippen LogP contribution in [0, 0.1) is 21.4 Å². The molecule has 1 aliphatic rings. The fraction of sp³-hybridized carbons (Fsp3) is 0.444. The maximum absolute atomic E-state index is 11.9. The number of benzene rings is 1. The zero-order valence-corrected chi connectivity index (χ0v) is 15.4. The summed E-state index contributed by atoms with van der Waals surface area (Å²) in [6.45, 7) is 0.842. The van der Waals surface area contributed by atoms with E-state index in [2.05, 4.69) is 6.07 Å². The zero-order chi connectivity index (χ0) is 20.0. The highest BCUT2D eigenvalue weighted by Crippen LogP contribution is 2.35. The summed E-state index contributed by atoms with van der Waals surface area (Å²) < 4.78 is 15.1. The van der Waals surface area contributed by atoms with Crippen LogP contribution < -0.4 is 9.47 Å². The van der Waals surface area contributed by atoms with Crippen molar-refractivity contribution < 1.29 is 23.9 Å². The van der Waals surface area contributed by atoms with Crippen LogP contribution in [0.25, 0.3) is 6.08 Å². The SMILES string of the molecule is COC(=O)[C@@H]1CCCN1C/C(C#N)=C/c1cc(OC)c(OC)cc1[N+](=O)[O-]. The third-order valence-corrected chi connectivity index (χ3v) is 4.41. The largest absolute Gasteiger partial charge is 0.493 e. The molecule has 9 heteroatoms. The van der Waals surface area contributed by atoms with E-state index in [1.54, 1.807) is 0 Å². The second-order valence-corrected chi connectivity index (χ2v) is 5.96. The monoisotopic (exact) mass is 375 g/mol. The molecule has 0 unspecified atom stereocenters. The molecule has 1 aliphatic heterocycles. The number of nitrogens with zero attached hydrogens (tertiary/aromatic N) is 3. The van der Waals surface area contributed by atoms with Crippen LogP contribution in [-0.4, -0.2) is 56.3 Å². The first kappa shape index (κ1) is 20.2. The number of nitro groups is 1. The molecule has 1 aromatic carbocycles. The lowest BCUT2D eigenvalue weighted by atomic mass is 10.1. The predicted octanol–water partition coefficient (Wildman–Crippen LogP) is 2.16. The number of hydrogen-bond donors (Lipinski definition) is 0. The van der Waals surface area contributed by atoms with Gasteiger partial charge in [-0.3, -0.25) is 19.8 Å². The Labute approximate surface area is 156 Å². The first-order valence-corrected chi connectivity index (χ1v) is 8.28. The van der Waals surface area contributed by atoms with Gasteiger partial charge in [0, 0.05) is 12.1 Å².